The Hall–Kier alpha value is 0.370. The van der Waals surface area contributed by atoms with Crippen molar-refractivity contribution < 1.29 is 19.1 Å². The van der Waals surface area contributed by atoms with Gasteiger partial charge in [0.2, 0.25) is 0 Å². The van der Waals surface area contributed by atoms with E-state index in [1.54, 1.807) is 0 Å². The third-order valence-electron chi connectivity index (χ3n) is 0. The van der Waals surface area contributed by atoms with Crippen LogP contribution in [-0.2, 0) is 4.57 Å². The Morgan fingerprint density at radius 2 is 1.50 bits per heavy atom. The number of rotatable bonds is 0. The van der Waals surface area contributed by atoms with Crippen LogP contribution < -0.4 is 0 Å². The molecule has 2 N–H and O–H groups in total. The molecule has 0 bridgehead atoms. The zero-order valence-corrected chi connectivity index (χ0v) is 4.19. The van der Waals surface area contributed by atoms with Crippen LogP contribution in [0.4, 0.5) is 4.70 Å². The monoisotopic (exact) mass is 136 g/mol. The smallest absolute Gasteiger partial charge is 0.313 e. The maximum absolute atomic E-state index is 9.09. The van der Waals surface area contributed by atoms with Gasteiger partial charge in [-0.1, -0.05) is 0 Å². The zero-order chi connectivity index (χ0) is 4.50. The molecule has 6 heteroatoms. The van der Waals surface area contributed by atoms with Gasteiger partial charge in [0.25, 0.3) is 0 Å². The van der Waals surface area contributed by atoms with Gasteiger partial charge in [-0.25, -0.2) is 4.57 Å². The zero-order valence-electron chi connectivity index (χ0n) is 2.54. The predicted molar refractivity (Wildman–Crippen MR) is 20.4 cm³/mol. The van der Waals surface area contributed by atoms with Crippen molar-refractivity contribution in [2.45, 2.75) is 0 Å². The molecule has 6 heavy (non-hydrogen) atoms. The molecule has 0 spiro atoms. The third-order valence-corrected chi connectivity index (χ3v) is 0. The summed E-state index contributed by atoms with van der Waals surface area (Å²) in [6.07, 6.45) is 0. The van der Waals surface area contributed by atoms with Crippen molar-refractivity contribution in [3.8, 4) is 0 Å². The van der Waals surface area contributed by atoms with Crippen LogP contribution in [0.1, 0.15) is 0 Å². The average molecular weight is 136 g/mol. The summed E-state index contributed by atoms with van der Waals surface area (Å²) >= 11 is 4.20. The highest BCUT2D eigenvalue weighted by Crippen LogP contribution is 2.39. The van der Waals surface area contributed by atoms with E-state index in [2.05, 4.69) is 11.2 Å². The van der Waals surface area contributed by atoms with Crippen LogP contribution in [0.3, 0.4) is 0 Å². The summed E-state index contributed by atoms with van der Waals surface area (Å²) in [5.41, 5.74) is 0. The van der Waals surface area contributed by atoms with Crippen molar-refractivity contribution in [3.63, 3.8) is 0 Å². The second kappa shape index (κ2) is 2.53. The molecule has 0 aliphatic rings. The summed E-state index contributed by atoms with van der Waals surface area (Å²) in [6.45, 7) is -4.17. The van der Waals surface area contributed by atoms with Crippen LogP contribution >= 0.6 is 18.2 Å². The highest BCUT2D eigenvalue weighted by molar-refractivity contribution is 7.79. The molecule has 0 aromatic heterocycles. The van der Waals surface area contributed by atoms with Crippen molar-refractivity contribution in [2.24, 2.45) is 0 Å². The lowest BCUT2D eigenvalue weighted by Crippen LogP contribution is -1.54. The van der Waals surface area contributed by atoms with Gasteiger partial charge < -0.3 is 9.79 Å². The fourth-order valence-electron chi connectivity index (χ4n) is 0. The molecule has 0 aliphatic carbocycles. The number of halogens is 2. The van der Waals surface area contributed by atoms with Crippen LogP contribution in [0.5, 0.6) is 0 Å². The quantitative estimate of drug-likeness (QED) is 0.476. The van der Waals surface area contributed by atoms with Crippen molar-refractivity contribution in [1.82, 2.24) is 0 Å². The van der Waals surface area contributed by atoms with E-state index in [0.29, 0.717) is 0 Å². The fourth-order valence-corrected chi connectivity index (χ4v) is 0. The first-order valence-corrected chi connectivity index (χ1v) is 3.27. The van der Waals surface area contributed by atoms with Crippen molar-refractivity contribution >= 4 is 18.2 Å². The lowest BCUT2D eigenvalue weighted by Gasteiger charge is -1.80. The van der Waals surface area contributed by atoms with Crippen LogP contribution in [-0.4, -0.2) is 9.79 Å². The fraction of sp³-hybridized carbons (Fsp3) is 0. The number of hydrogen-bond donors (Lipinski definition) is 2. The van der Waals surface area contributed by atoms with Gasteiger partial charge >= 0.3 is 6.95 Å². The third kappa shape index (κ3) is 363. The Kier molecular flexibility index (Phi) is 4.05. The highest BCUT2D eigenvalue weighted by atomic mass is 35.7. The first-order valence-electron chi connectivity index (χ1n) is 0.752. The Bertz CT molecular complexity index is 56.9. The topological polar surface area (TPSA) is 57.5 Å². The van der Waals surface area contributed by atoms with E-state index in [1.165, 1.54) is 0 Å². The Balaban J connectivity index is 0. The minimum atomic E-state index is -4.17. The van der Waals surface area contributed by atoms with E-state index >= 15 is 0 Å². The molecule has 0 amide bonds. The van der Waals surface area contributed by atoms with Crippen LogP contribution in [0.25, 0.3) is 0 Å². The van der Waals surface area contributed by atoms with Crippen LogP contribution in [0, 0.1) is 0 Å². The normalized spacial score (nSPS) is 9.83. The molecule has 0 aromatic carbocycles. The molecule has 0 fully saturated rings. The van der Waals surface area contributed by atoms with Crippen molar-refractivity contribution in [3.05, 3.63) is 0 Å². The van der Waals surface area contributed by atoms with E-state index < -0.39 is 6.95 Å². The summed E-state index contributed by atoms with van der Waals surface area (Å²) in [5, 5.41) is 0. The highest BCUT2D eigenvalue weighted by Gasteiger charge is 2.01. The van der Waals surface area contributed by atoms with Gasteiger partial charge in [0, 0.05) is 11.2 Å². The van der Waals surface area contributed by atoms with Gasteiger partial charge in [0.1, 0.15) is 0 Å². The SMILES string of the molecule is F.O=P(O)(O)Cl. The van der Waals surface area contributed by atoms with Gasteiger partial charge in [0.15, 0.2) is 0 Å². The second-order valence-electron chi connectivity index (χ2n) is 0.473. The van der Waals surface area contributed by atoms with E-state index in [-0.39, 0.29) is 4.70 Å². The molecule has 0 saturated heterocycles. The van der Waals surface area contributed by atoms with Gasteiger partial charge in [0.05, 0.1) is 0 Å². The molecule has 0 saturated carbocycles. The summed E-state index contributed by atoms with van der Waals surface area (Å²) in [5.74, 6) is 0. The first kappa shape index (κ1) is 9.62. The van der Waals surface area contributed by atoms with Gasteiger partial charge in [-0.15, -0.1) is 0 Å². The van der Waals surface area contributed by atoms with Gasteiger partial charge in [-0.2, -0.15) is 0 Å². The molecular weight excluding hydrogens is 133 g/mol. The second-order valence-corrected chi connectivity index (χ2v) is 2.74. The standard InChI is InChI=1S/ClH2O3P.FH/c1-5(2,3)4;/h(H2,2,3,4);1H. The van der Waals surface area contributed by atoms with E-state index in [1.807, 2.05) is 0 Å². The molecule has 0 aromatic rings. The summed E-state index contributed by atoms with van der Waals surface area (Å²) in [4.78, 5) is 14.8. The number of hydrogen-bond acceptors (Lipinski definition) is 1. The van der Waals surface area contributed by atoms with Gasteiger partial charge in [-0.05, 0) is 0 Å². The molecule has 3 nitrogen and oxygen atoms in total. The first-order chi connectivity index (χ1) is 2.00. The Morgan fingerprint density at radius 3 is 1.50 bits per heavy atom. The van der Waals surface area contributed by atoms with Crippen molar-refractivity contribution in [2.75, 3.05) is 0 Å². The summed E-state index contributed by atoms with van der Waals surface area (Å²) in [7, 11) is 0. The molecule has 0 atom stereocenters. The van der Waals surface area contributed by atoms with Crippen molar-refractivity contribution in [1.29, 1.82) is 0 Å². The molecule has 0 aliphatic heterocycles. The van der Waals surface area contributed by atoms with Crippen LogP contribution in [0.2, 0.25) is 0 Å². The summed E-state index contributed by atoms with van der Waals surface area (Å²) < 4.78 is 9.09. The Morgan fingerprint density at radius 1 is 1.50 bits per heavy atom. The molecule has 0 radical (unpaired) electrons. The van der Waals surface area contributed by atoms with E-state index in [9.17, 15) is 0 Å². The maximum atomic E-state index is 9.09. The average Bonchev–Trinajstić information content (AvgIpc) is 0.722. The minimum Gasteiger partial charge on any atom is -0.313 e. The maximum Gasteiger partial charge on any atom is 0.419 e. The molecule has 0 heterocycles. The molecule has 0 unspecified atom stereocenters. The van der Waals surface area contributed by atoms with E-state index in [0.717, 1.165) is 0 Å². The van der Waals surface area contributed by atoms with E-state index in [4.69, 9.17) is 14.4 Å². The minimum absolute atomic E-state index is 0. The largest absolute Gasteiger partial charge is 0.419 e. The molecular formula is H3ClFO3P. The van der Waals surface area contributed by atoms with Gasteiger partial charge in [-0.3, -0.25) is 4.70 Å². The predicted octanol–water partition coefficient (Wildman–Crippen LogP) is 0.470. The summed E-state index contributed by atoms with van der Waals surface area (Å²) in [6, 6.07) is 0. The molecule has 0 rings (SSSR count). The lowest BCUT2D eigenvalue weighted by atomic mass is 15.8. The lowest BCUT2D eigenvalue weighted by molar-refractivity contribution is 0.395. The Labute approximate surface area is 38.2 Å². The van der Waals surface area contributed by atoms with Crippen LogP contribution in [0.15, 0.2) is 0 Å². The molecule has 40 valence electrons.